The lowest BCUT2D eigenvalue weighted by molar-refractivity contribution is 0.105. The molecule has 29 heavy (non-hydrogen) atoms. The van der Waals surface area contributed by atoms with Gasteiger partial charge in [-0.1, -0.05) is 6.92 Å². The Hall–Kier alpha value is -3.10. The van der Waals surface area contributed by atoms with E-state index in [2.05, 4.69) is 16.8 Å². The maximum atomic E-state index is 12.0. The van der Waals surface area contributed by atoms with Gasteiger partial charge < -0.3 is 19.1 Å². The van der Waals surface area contributed by atoms with Gasteiger partial charge in [0.05, 0.1) is 6.61 Å². The summed E-state index contributed by atoms with van der Waals surface area (Å²) in [6.07, 6.45) is 4.30. The van der Waals surface area contributed by atoms with Gasteiger partial charge in [0.15, 0.2) is 11.5 Å². The quantitative estimate of drug-likeness (QED) is 0.672. The molecule has 4 heterocycles. The van der Waals surface area contributed by atoms with Crippen molar-refractivity contribution >= 4 is 17.6 Å². The number of nitrogens with zero attached hydrogens (tertiary/aromatic N) is 7. The van der Waals surface area contributed by atoms with E-state index in [4.69, 9.17) is 14.8 Å². The number of hydrogen-bond acceptors (Lipinski definition) is 6. The normalized spacial score (nSPS) is 14.6. The highest BCUT2D eigenvalue weighted by atomic mass is 16.6. The summed E-state index contributed by atoms with van der Waals surface area (Å²) in [4.78, 5) is 25.3. The van der Waals surface area contributed by atoms with Crippen molar-refractivity contribution < 1.29 is 9.53 Å². The molecule has 1 amide bonds. The summed E-state index contributed by atoms with van der Waals surface area (Å²) in [5, 5.41) is 4.85. The minimum Gasteiger partial charge on any atom is -0.450 e. The van der Waals surface area contributed by atoms with Crippen molar-refractivity contribution in [1.82, 2.24) is 29.0 Å². The van der Waals surface area contributed by atoms with Crippen LogP contribution in [0.25, 0.3) is 17.2 Å². The Morgan fingerprint density at radius 1 is 1.21 bits per heavy atom. The van der Waals surface area contributed by atoms with E-state index in [1.54, 1.807) is 11.1 Å². The molecule has 0 aliphatic carbocycles. The molecule has 4 rings (SSSR count). The van der Waals surface area contributed by atoms with Gasteiger partial charge in [0.2, 0.25) is 0 Å². The predicted molar refractivity (Wildman–Crippen MR) is 110 cm³/mol. The average molecular weight is 397 g/mol. The van der Waals surface area contributed by atoms with Crippen molar-refractivity contribution in [1.29, 1.82) is 0 Å². The van der Waals surface area contributed by atoms with Crippen LogP contribution in [0.2, 0.25) is 0 Å². The van der Waals surface area contributed by atoms with Gasteiger partial charge in [-0.2, -0.15) is 9.61 Å². The summed E-state index contributed by atoms with van der Waals surface area (Å²) >= 11 is 0. The number of fused-ring (bicyclic) bond motifs is 1. The van der Waals surface area contributed by atoms with Crippen LogP contribution < -0.4 is 4.90 Å². The van der Waals surface area contributed by atoms with Gasteiger partial charge >= 0.3 is 6.09 Å². The number of amides is 1. The smallest absolute Gasteiger partial charge is 0.409 e. The van der Waals surface area contributed by atoms with Crippen LogP contribution in [0.1, 0.15) is 25.1 Å². The van der Waals surface area contributed by atoms with Crippen molar-refractivity contribution in [2.75, 3.05) is 37.7 Å². The fourth-order valence-electron chi connectivity index (χ4n) is 3.91. The Morgan fingerprint density at radius 2 is 1.97 bits per heavy atom. The molecule has 0 spiro atoms. The molecule has 0 aromatic carbocycles. The second-order valence-corrected chi connectivity index (χ2v) is 7.19. The Balaban J connectivity index is 1.72. The van der Waals surface area contributed by atoms with E-state index in [1.165, 1.54) is 5.56 Å². The van der Waals surface area contributed by atoms with Gasteiger partial charge in [0, 0.05) is 62.9 Å². The van der Waals surface area contributed by atoms with Crippen LogP contribution in [0.3, 0.4) is 0 Å². The monoisotopic (exact) mass is 397 g/mol. The molecule has 9 heteroatoms. The highest BCUT2D eigenvalue weighted by Crippen LogP contribution is 2.28. The second-order valence-electron chi connectivity index (χ2n) is 7.19. The van der Waals surface area contributed by atoms with Crippen molar-refractivity contribution in [2.24, 2.45) is 7.05 Å². The van der Waals surface area contributed by atoms with Crippen molar-refractivity contribution in [3.63, 3.8) is 0 Å². The van der Waals surface area contributed by atoms with E-state index in [0.717, 1.165) is 48.2 Å². The van der Waals surface area contributed by atoms with Gasteiger partial charge in [-0.05, 0) is 20.3 Å². The summed E-state index contributed by atoms with van der Waals surface area (Å²) in [6.45, 7) is 9.10. The molecular formula is C20H27N7O2. The van der Waals surface area contributed by atoms with Gasteiger partial charge in [0.25, 0.3) is 0 Å². The second kappa shape index (κ2) is 7.73. The lowest BCUT2D eigenvalue weighted by Crippen LogP contribution is -2.49. The molecule has 154 valence electrons. The molecule has 9 nitrogen and oxygen atoms in total. The Morgan fingerprint density at radius 3 is 2.59 bits per heavy atom. The molecule has 0 unspecified atom stereocenters. The molecule has 1 saturated heterocycles. The molecule has 0 bridgehead atoms. The van der Waals surface area contributed by atoms with Gasteiger partial charge in [0.1, 0.15) is 11.5 Å². The molecular weight excluding hydrogens is 370 g/mol. The van der Waals surface area contributed by atoms with Crippen molar-refractivity contribution in [2.45, 2.75) is 27.2 Å². The number of aromatic nitrogens is 5. The van der Waals surface area contributed by atoms with Crippen LogP contribution in [0, 0.1) is 6.92 Å². The van der Waals surface area contributed by atoms with Gasteiger partial charge in [-0.25, -0.2) is 14.8 Å². The first kappa shape index (κ1) is 19.2. The summed E-state index contributed by atoms with van der Waals surface area (Å²) < 4.78 is 9.02. The molecule has 0 atom stereocenters. The third-order valence-electron chi connectivity index (χ3n) is 5.39. The van der Waals surface area contributed by atoms with Crippen LogP contribution >= 0.6 is 0 Å². The molecule has 1 aliphatic heterocycles. The van der Waals surface area contributed by atoms with E-state index in [0.29, 0.717) is 19.7 Å². The first-order valence-electron chi connectivity index (χ1n) is 10.1. The average Bonchev–Trinajstić information content (AvgIpc) is 3.32. The standard InChI is InChI=1S/C20H27N7O2/c1-5-15-14(3)22-17-13-16(18-21-7-8-24(18)4)23-27(17)19(15)25-9-11-26(12-10-25)20(28)29-6-2/h7-8,13H,5-6,9-12H2,1-4H3. The SMILES string of the molecule is CCOC(=O)N1CCN(c2c(CC)c(C)nc3cc(-c4nccn4C)nn23)CC1. The number of imidazole rings is 1. The molecule has 1 fully saturated rings. The van der Waals surface area contributed by atoms with Crippen LogP contribution in [-0.4, -0.2) is 67.9 Å². The van der Waals surface area contributed by atoms with E-state index in [-0.39, 0.29) is 6.09 Å². The molecule has 0 saturated carbocycles. The lowest BCUT2D eigenvalue weighted by atomic mass is 10.1. The minimum atomic E-state index is -0.241. The zero-order chi connectivity index (χ0) is 20.5. The summed E-state index contributed by atoms with van der Waals surface area (Å²) in [7, 11) is 1.96. The third-order valence-corrected chi connectivity index (χ3v) is 5.39. The zero-order valence-electron chi connectivity index (χ0n) is 17.4. The first-order valence-corrected chi connectivity index (χ1v) is 10.1. The van der Waals surface area contributed by atoms with Crippen molar-refractivity contribution in [3.05, 3.63) is 29.7 Å². The van der Waals surface area contributed by atoms with E-state index in [1.807, 2.05) is 42.2 Å². The fourth-order valence-corrected chi connectivity index (χ4v) is 3.91. The maximum Gasteiger partial charge on any atom is 0.409 e. The summed E-state index contributed by atoms with van der Waals surface area (Å²) in [6, 6.07) is 1.98. The highest BCUT2D eigenvalue weighted by molar-refractivity contribution is 5.68. The molecule has 3 aromatic heterocycles. The number of piperazine rings is 1. The third kappa shape index (κ3) is 3.41. The molecule has 3 aromatic rings. The largest absolute Gasteiger partial charge is 0.450 e. The number of carbonyl (C=O) groups excluding carboxylic acids is 1. The van der Waals surface area contributed by atoms with Crippen LogP contribution in [0.5, 0.6) is 0 Å². The number of anilines is 1. The fraction of sp³-hybridized carbons (Fsp3) is 0.500. The maximum absolute atomic E-state index is 12.0. The van der Waals surface area contributed by atoms with Crippen LogP contribution in [0.4, 0.5) is 10.6 Å². The Bertz CT molecular complexity index is 1030. The Kier molecular flexibility index (Phi) is 5.12. The number of carbonyl (C=O) groups is 1. The van der Waals surface area contributed by atoms with Crippen molar-refractivity contribution in [3.8, 4) is 11.5 Å². The number of aryl methyl sites for hydroxylation is 2. The Labute approximate surface area is 169 Å². The molecule has 0 N–H and O–H groups in total. The molecule has 1 aliphatic rings. The topological polar surface area (TPSA) is 80.8 Å². The summed E-state index contributed by atoms with van der Waals surface area (Å²) in [5.41, 5.74) is 3.79. The first-order chi connectivity index (χ1) is 14.0. The number of hydrogen-bond donors (Lipinski definition) is 0. The predicted octanol–water partition coefficient (Wildman–Crippen LogP) is 2.28. The van der Waals surface area contributed by atoms with E-state index in [9.17, 15) is 4.79 Å². The zero-order valence-corrected chi connectivity index (χ0v) is 17.4. The van der Waals surface area contributed by atoms with Crippen LogP contribution in [0.15, 0.2) is 18.5 Å². The molecule has 0 radical (unpaired) electrons. The minimum absolute atomic E-state index is 0.241. The van der Waals surface area contributed by atoms with Crippen LogP contribution in [-0.2, 0) is 18.2 Å². The number of ether oxygens (including phenoxy) is 1. The van der Waals surface area contributed by atoms with Gasteiger partial charge in [-0.3, -0.25) is 0 Å². The van der Waals surface area contributed by atoms with E-state index < -0.39 is 0 Å². The summed E-state index contributed by atoms with van der Waals surface area (Å²) in [5.74, 6) is 1.86. The highest BCUT2D eigenvalue weighted by Gasteiger charge is 2.26. The van der Waals surface area contributed by atoms with E-state index >= 15 is 0 Å². The lowest BCUT2D eigenvalue weighted by Gasteiger charge is -2.36. The van der Waals surface area contributed by atoms with Gasteiger partial charge in [-0.15, -0.1) is 0 Å². The number of rotatable bonds is 4.